The molecule has 3 aromatic rings. The molecule has 28 heavy (non-hydrogen) atoms. The van der Waals surface area contributed by atoms with E-state index in [1.54, 1.807) is 6.07 Å². The Bertz CT molecular complexity index is 1100. The molecule has 4 bridgehead atoms. The van der Waals surface area contributed by atoms with Crippen molar-refractivity contribution < 1.29 is 14.3 Å². The minimum absolute atomic E-state index is 0.0391. The number of halogens is 1. The van der Waals surface area contributed by atoms with E-state index < -0.39 is 5.60 Å². The number of amides is 1. The number of carbonyl (C=O) groups is 1. The van der Waals surface area contributed by atoms with Crippen LogP contribution < -0.4 is 5.32 Å². The highest BCUT2D eigenvalue weighted by atomic mass is 35.5. The summed E-state index contributed by atoms with van der Waals surface area (Å²) in [5.41, 5.74) is 1.69. The van der Waals surface area contributed by atoms with Crippen LogP contribution in [0.2, 0.25) is 5.02 Å². The van der Waals surface area contributed by atoms with Crippen LogP contribution in [0.15, 0.2) is 40.8 Å². The highest BCUT2D eigenvalue weighted by Gasteiger charge is 2.55. The molecule has 4 aliphatic rings. The SMILES string of the molecule is O=C(NC1C2CC3CC1CC(O)(C3)C2)c1ccc2oc3ccc(Cl)cc3c2c1. The summed E-state index contributed by atoms with van der Waals surface area (Å²) in [6.07, 6.45) is 4.87. The fourth-order valence-electron chi connectivity index (χ4n) is 6.34. The van der Waals surface area contributed by atoms with E-state index in [2.05, 4.69) is 5.32 Å². The Balaban J connectivity index is 1.31. The Morgan fingerprint density at radius 3 is 2.43 bits per heavy atom. The number of rotatable bonds is 2. The minimum atomic E-state index is -0.481. The largest absolute Gasteiger partial charge is 0.456 e. The Morgan fingerprint density at radius 1 is 1.04 bits per heavy atom. The summed E-state index contributed by atoms with van der Waals surface area (Å²) >= 11 is 6.15. The fraction of sp³-hybridized carbons (Fsp3) is 0.435. The molecule has 5 heteroatoms. The van der Waals surface area contributed by atoms with Crippen LogP contribution in [0.4, 0.5) is 0 Å². The second-order valence-corrected chi connectivity index (χ2v) is 9.58. The average molecular weight is 396 g/mol. The molecular weight excluding hydrogens is 374 g/mol. The van der Waals surface area contributed by atoms with Crippen molar-refractivity contribution >= 4 is 39.4 Å². The van der Waals surface area contributed by atoms with Gasteiger partial charge in [0.15, 0.2) is 0 Å². The van der Waals surface area contributed by atoms with Crippen LogP contribution in [0.5, 0.6) is 0 Å². The van der Waals surface area contributed by atoms with Crippen molar-refractivity contribution in [1.82, 2.24) is 5.32 Å². The lowest BCUT2D eigenvalue weighted by Gasteiger charge is -2.58. The first-order valence-corrected chi connectivity index (χ1v) is 10.5. The second-order valence-electron chi connectivity index (χ2n) is 9.15. The van der Waals surface area contributed by atoms with Gasteiger partial charge in [0.1, 0.15) is 11.2 Å². The third kappa shape index (κ3) is 2.51. The van der Waals surface area contributed by atoms with E-state index in [0.717, 1.165) is 54.0 Å². The summed E-state index contributed by atoms with van der Waals surface area (Å²) in [5.74, 6) is 1.40. The Kier molecular flexibility index (Phi) is 3.46. The lowest BCUT2D eigenvalue weighted by Crippen LogP contribution is -2.61. The lowest BCUT2D eigenvalue weighted by atomic mass is 9.52. The number of hydrogen-bond donors (Lipinski definition) is 2. The number of hydrogen-bond acceptors (Lipinski definition) is 3. The molecular formula is C23H22ClNO3. The van der Waals surface area contributed by atoms with Crippen molar-refractivity contribution in [1.29, 1.82) is 0 Å². The van der Waals surface area contributed by atoms with Crippen molar-refractivity contribution in [2.45, 2.75) is 43.7 Å². The van der Waals surface area contributed by atoms with E-state index in [9.17, 15) is 9.90 Å². The number of aliphatic hydroxyl groups is 1. The van der Waals surface area contributed by atoms with E-state index in [-0.39, 0.29) is 11.9 Å². The van der Waals surface area contributed by atoms with Crippen molar-refractivity contribution in [2.75, 3.05) is 0 Å². The molecule has 2 unspecified atom stereocenters. The monoisotopic (exact) mass is 395 g/mol. The first kappa shape index (κ1) is 16.9. The van der Waals surface area contributed by atoms with Crippen LogP contribution in [0.1, 0.15) is 42.5 Å². The van der Waals surface area contributed by atoms with Gasteiger partial charge in [0, 0.05) is 27.4 Å². The van der Waals surface area contributed by atoms with E-state index in [4.69, 9.17) is 16.0 Å². The van der Waals surface area contributed by atoms with E-state index in [1.165, 1.54) is 0 Å². The molecule has 144 valence electrons. The predicted molar refractivity (Wildman–Crippen MR) is 108 cm³/mol. The van der Waals surface area contributed by atoms with Gasteiger partial charge < -0.3 is 14.8 Å². The molecule has 4 nitrogen and oxygen atoms in total. The van der Waals surface area contributed by atoms with Gasteiger partial charge in [0.25, 0.3) is 5.91 Å². The van der Waals surface area contributed by atoms with Crippen molar-refractivity contribution in [2.24, 2.45) is 17.8 Å². The molecule has 7 rings (SSSR count). The zero-order valence-corrected chi connectivity index (χ0v) is 16.2. The normalized spacial score (nSPS) is 33.6. The number of benzene rings is 2. The maximum Gasteiger partial charge on any atom is 0.251 e. The van der Waals surface area contributed by atoms with Gasteiger partial charge in [0.05, 0.1) is 5.60 Å². The zero-order chi connectivity index (χ0) is 19.0. The molecule has 0 saturated heterocycles. The molecule has 0 aliphatic heterocycles. The molecule has 4 saturated carbocycles. The molecule has 0 radical (unpaired) electrons. The van der Waals surface area contributed by atoms with Crippen LogP contribution in [0.3, 0.4) is 0 Å². The summed E-state index contributed by atoms with van der Waals surface area (Å²) < 4.78 is 5.86. The topological polar surface area (TPSA) is 62.5 Å². The molecule has 2 N–H and O–H groups in total. The van der Waals surface area contributed by atoms with Crippen LogP contribution in [0.25, 0.3) is 21.9 Å². The van der Waals surface area contributed by atoms with Crippen molar-refractivity contribution in [3.05, 3.63) is 47.0 Å². The van der Waals surface area contributed by atoms with Gasteiger partial charge in [-0.1, -0.05) is 11.6 Å². The number of fused-ring (bicyclic) bond motifs is 3. The molecule has 4 aliphatic carbocycles. The minimum Gasteiger partial charge on any atom is -0.456 e. The molecule has 2 atom stereocenters. The van der Waals surface area contributed by atoms with Crippen LogP contribution in [-0.2, 0) is 0 Å². The highest BCUT2D eigenvalue weighted by molar-refractivity contribution is 6.31. The summed E-state index contributed by atoms with van der Waals surface area (Å²) in [4.78, 5) is 13.1. The molecule has 1 heterocycles. The fourth-order valence-corrected chi connectivity index (χ4v) is 6.51. The maximum atomic E-state index is 13.1. The highest BCUT2D eigenvalue weighted by Crippen LogP contribution is 2.55. The Morgan fingerprint density at radius 2 is 1.71 bits per heavy atom. The van der Waals surface area contributed by atoms with Crippen LogP contribution in [-0.4, -0.2) is 22.7 Å². The first-order valence-electron chi connectivity index (χ1n) is 10.1. The standard InChI is InChI=1S/C23H22ClNO3/c24-16-2-4-20-18(8-16)17-7-13(1-3-19(17)28-20)22(26)25-21-14-5-12-6-15(21)11-23(27,9-12)10-14/h1-4,7-8,12,14-15,21,27H,5-6,9-11H2,(H,25,26). The third-order valence-electron chi connectivity index (χ3n) is 7.23. The van der Waals surface area contributed by atoms with Gasteiger partial charge in [-0.3, -0.25) is 4.79 Å². The first-order chi connectivity index (χ1) is 13.5. The smallest absolute Gasteiger partial charge is 0.251 e. The summed E-state index contributed by atoms with van der Waals surface area (Å²) in [6.45, 7) is 0. The predicted octanol–water partition coefficient (Wildman–Crippen LogP) is 4.91. The summed E-state index contributed by atoms with van der Waals surface area (Å²) in [7, 11) is 0. The summed E-state index contributed by atoms with van der Waals surface area (Å²) in [5, 5.41) is 16.5. The van der Waals surface area contributed by atoms with Gasteiger partial charge >= 0.3 is 0 Å². The van der Waals surface area contributed by atoms with E-state index >= 15 is 0 Å². The van der Waals surface area contributed by atoms with E-state index in [0.29, 0.717) is 28.3 Å². The Hall–Kier alpha value is -2.04. The van der Waals surface area contributed by atoms with Gasteiger partial charge in [-0.25, -0.2) is 0 Å². The van der Waals surface area contributed by atoms with Gasteiger partial charge in [0.2, 0.25) is 0 Å². The van der Waals surface area contributed by atoms with Crippen molar-refractivity contribution in [3.63, 3.8) is 0 Å². The van der Waals surface area contributed by atoms with Crippen molar-refractivity contribution in [3.8, 4) is 0 Å². The number of furan rings is 1. The molecule has 1 aromatic heterocycles. The number of nitrogens with one attached hydrogen (secondary N) is 1. The van der Waals surface area contributed by atoms with Gasteiger partial charge in [-0.15, -0.1) is 0 Å². The molecule has 0 spiro atoms. The van der Waals surface area contributed by atoms with Crippen LogP contribution >= 0.6 is 11.6 Å². The van der Waals surface area contributed by atoms with Crippen LogP contribution in [0, 0.1) is 17.8 Å². The molecule has 2 aromatic carbocycles. The van der Waals surface area contributed by atoms with Gasteiger partial charge in [-0.05, 0) is 86.3 Å². The van der Waals surface area contributed by atoms with Gasteiger partial charge in [-0.2, -0.15) is 0 Å². The zero-order valence-electron chi connectivity index (χ0n) is 15.5. The quantitative estimate of drug-likeness (QED) is 0.648. The average Bonchev–Trinajstić information content (AvgIpc) is 3.00. The number of carbonyl (C=O) groups excluding carboxylic acids is 1. The maximum absolute atomic E-state index is 13.1. The third-order valence-corrected chi connectivity index (χ3v) is 7.47. The lowest BCUT2D eigenvalue weighted by molar-refractivity contribution is -0.136. The van der Waals surface area contributed by atoms with E-state index in [1.807, 2.05) is 30.3 Å². The summed E-state index contributed by atoms with van der Waals surface area (Å²) in [6, 6.07) is 11.3. The molecule has 1 amide bonds. The molecule has 4 fully saturated rings. The second kappa shape index (κ2) is 5.74. The Labute approximate surface area is 167 Å².